The summed E-state index contributed by atoms with van der Waals surface area (Å²) in [4.78, 5) is 0. The van der Waals surface area contributed by atoms with Crippen molar-refractivity contribution < 1.29 is 14.6 Å². The fourth-order valence-electron chi connectivity index (χ4n) is 1.54. The maximum absolute atomic E-state index is 8.64. The monoisotopic (exact) mass is 250 g/mol. The minimum Gasteiger partial charge on any atom is -0.494 e. The van der Waals surface area contributed by atoms with Crippen LogP contribution in [0.1, 0.15) is 25.7 Å². The summed E-state index contributed by atoms with van der Waals surface area (Å²) >= 11 is 0. The minimum absolute atomic E-state index is 0.285. The number of aliphatic hydroxyl groups is 1. The third kappa shape index (κ3) is 6.30. The third-order valence-corrected chi connectivity index (χ3v) is 2.51. The van der Waals surface area contributed by atoms with Gasteiger partial charge in [-0.25, -0.2) is 0 Å². The molecule has 0 saturated heterocycles. The molecule has 1 aromatic rings. The average molecular weight is 250 g/mol. The molecule has 0 spiro atoms. The van der Waals surface area contributed by atoms with E-state index in [2.05, 4.69) is 6.58 Å². The Morgan fingerprint density at radius 1 is 0.944 bits per heavy atom. The van der Waals surface area contributed by atoms with E-state index in [1.165, 1.54) is 0 Å². The van der Waals surface area contributed by atoms with Crippen molar-refractivity contribution in [3.63, 3.8) is 0 Å². The van der Waals surface area contributed by atoms with Crippen molar-refractivity contribution in [3.8, 4) is 11.5 Å². The molecular weight excluding hydrogens is 228 g/mol. The average Bonchev–Trinajstić information content (AvgIpc) is 2.42. The van der Waals surface area contributed by atoms with E-state index >= 15 is 0 Å². The van der Waals surface area contributed by atoms with Gasteiger partial charge in [0.2, 0.25) is 0 Å². The van der Waals surface area contributed by atoms with E-state index in [1.807, 2.05) is 24.3 Å². The maximum atomic E-state index is 8.64. The highest BCUT2D eigenvalue weighted by Gasteiger charge is 1.96. The highest BCUT2D eigenvalue weighted by molar-refractivity contribution is 5.31. The summed E-state index contributed by atoms with van der Waals surface area (Å²) in [5.74, 6) is 1.69. The fourth-order valence-corrected chi connectivity index (χ4v) is 1.54. The Morgan fingerprint density at radius 2 is 1.56 bits per heavy atom. The van der Waals surface area contributed by atoms with Crippen molar-refractivity contribution in [1.29, 1.82) is 0 Å². The SMILES string of the molecule is C=CCOc1ccc(OCCCCCCO)cc1. The van der Waals surface area contributed by atoms with Gasteiger partial charge in [-0.3, -0.25) is 0 Å². The second-order valence-electron chi connectivity index (χ2n) is 4.06. The number of rotatable bonds is 10. The van der Waals surface area contributed by atoms with Gasteiger partial charge in [0.1, 0.15) is 18.1 Å². The first kappa shape index (κ1) is 14.6. The van der Waals surface area contributed by atoms with Crippen LogP contribution in [0.15, 0.2) is 36.9 Å². The summed E-state index contributed by atoms with van der Waals surface area (Å²) in [6, 6.07) is 7.60. The molecule has 0 fully saturated rings. The third-order valence-electron chi connectivity index (χ3n) is 2.51. The van der Waals surface area contributed by atoms with Crippen LogP contribution in [0.25, 0.3) is 0 Å². The Morgan fingerprint density at radius 3 is 2.17 bits per heavy atom. The lowest BCUT2D eigenvalue weighted by atomic mass is 10.2. The molecule has 1 rings (SSSR count). The van der Waals surface area contributed by atoms with Gasteiger partial charge in [-0.1, -0.05) is 19.1 Å². The molecule has 0 bridgehead atoms. The lowest BCUT2D eigenvalue weighted by Gasteiger charge is -2.07. The Hall–Kier alpha value is -1.48. The second kappa shape index (κ2) is 9.54. The van der Waals surface area contributed by atoms with E-state index in [1.54, 1.807) is 6.08 Å². The first-order valence-corrected chi connectivity index (χ1v) is 6.44. The molecular formula is C15H22O3. The van der Waals surface area contributed by atoms with Gasteiger partial charge >= 0.3 is 0 Å². The van der Waals surface area contributed by atoms with E-state index in [-0.39, 0.29) is 6.61 Å². The Bertz CT molecular complexity index is 319. The molecule has 1 aromatic carbocycles. The number of hydrogen-bond acceptors (Lipinski definition) is 3. The highest BCUT2D eigenvalue weighted by Crippen LogP contribution is 2.17. The number of ether oxygens (including phenoxy) is 2. The number of hydrogen-bond donors (Lipinski definition) is 1. The molecule has 0 saturated carbocycles. The Kier molecular flexibility index (Phi) is 7.73. The van der Waals surface area contributed by atoms with Crippen molar-refractivity contribution in [2.45, 2.75) is 25.7 Å². The lowest BCUT2D eigenvalue weighted by Crippen LogP contribution is -1.98. The van der Waals surface area contributed by atoms with Gasteiger partial charge in [-0.05, 0) is 43.5 Å². The topological polar surface area (TPSA) is 38.7 Å². The summed E-state index contributed by atoms with van der Waals surface area (Å²) in [5, 5.41) is 8.64. The van der Waals surface area contributed by atoms with E-state index in [4.69, 9.17) is 14.6 Å². The van der Waals surface area contributed by atoms with Crippen molar-refractivity contribution in [2.24, 2.45) is 0 Å². The predicted molar refractivity (Wildman–Crippen MR) is 73.2 cm³/mol. The standard InChI is InChI=1S/C15H22O3/c1-2-12-17-14-7-9-15(10-8-14)18-13-6-4-3-5-11-16/h2,7-10,16H,1,3-6,11-13H2. The van der Waals surface area contributed by atoms with E-state index in [0.717, 1.165) is 43.8 Å². The van der Waals surface area contributed by atoms with E-state index < -0.39 is 0 Å². The van der Waals surface area contributed by atoms with Gasteiger partial charge in [-0.2, -0.15) is 0 Å². The molecule has 0 unspecified atom stereocenters. The zero-order chi connectivity index (χ0) is 13.1. The number of aliphatic hydroxyl groups excluding tert-OH is 1. The van der Waals surface area contributed by atoms with Crippen molar-refractivity contribution >= 4 is 0 Å². The largest absolute Gasteiger partial charge is 0.494 e. The van der Waals surface area contributed by atoms with Crippen LogP contribution in [0.5, 0.6) is 11.5 Å². The zero-order valence-electron chi connectivity index (χ0n) is 10.8. The van der Waals surface area contributed by atoms with Crippen LogP contribution in [0.4, 0.5) is 0 Å². The van der Waals surface area contributed by atoms with E-state index in [0.29, 0.717) is 6.61 Å². The molecule has 18 heavy (non-hydrogen) atoms. The van der Waals surface area contributed by atoms with E-state index in [9.17, 15) is 0 Å². The fraction of sp³-hybridized carbons (Fsp3) is 0.467. The molecule has 0 aliphatic carbocycles. The predicted octanol–water partition coefficient (Wildman–Crippen LogP) is 3.18. The molecule has 0 radical (unpaired) electrons. The molecule has 0 atom stereocenters. The molecule has 0 heterocycles. The van der Waals surface area contributed by atoms with Crippen LogP contribution in [-0.2, 0) is 0 Å². The van der Waals surface area contributed by atoms with Crippen LogP contribution in [0.3, 0.4) is 0 Å². The summed E-state index contributed by atoms with van der Waals surface area (Å²) in [5.41, 5.74) is 0. The van der Waals surface area contributed by atoms with Gasteiger partial charge in [-0.15, -0.1) is 0 Å². The normalized spacial score (nSPS) is 10.1. The van der Waals surface area contributed by atoms with Gasteiger partial charge in [0.15, 0.2) is 0 Å². The molecule has 0 aliphatic heterocycles. The minimum atomic E-state index is 0.285. The van der Waals surface area contributed by atoms with Crippen LogP contribution >= 0.6 is 0 Å². The first-order valence-electron chi connectivity index (χ1n) is 6.44. The first-order chi connectivity index (χ1) is 8.86. The summed E-state index contributed by atoms with van der Waals surface area (Å²) in [6.07, 6.45) is 5.79. The second-order valence-corrected chi connectivity index (χ2v) is 4.06. The Balaban J connectivity index is 2.16. The zero-order valence-corrected chi connectivity index (χ0v) is 10.8. The molecule has 1 N–H and O–H groups in total. The molecule has 100 valence electrons. The van der Waals surface area contributed by atoms with Crippen molar-refractivity contribution in [1.82, 2.24) is 0 Å². The Labute approximate surface area is 109 Å². The molecule has 0 aromatic heterocycles. The van der Waals surface area contributed by atoms with Gasteiger partial charge in [0.05, 0.1) is 6.61 Å². The molecule has 3 nitrogen and oxygen atoms in total. The van der Waals surface area contributed by atoms with Crippen LogP contribution in [0, 0.1) is 0 Å². The highest BCUT2D eigenvalue weighted by atomic mass is 16.5. The van der Waals surface area contributed by atoms with Crippen LogP contribution < -0.4 is 9.47 Å². The molecule has 0 aliphatic rings. The van der Waals surface area contributed by atoms with Crippen molar-refractivity contribution in [3.05, 3.63) is 36.9 Å². The number of benzene rings is 1. The number of unbranched alkanes of at least 4 members (excludes halogenated alkanes) is 3. The lowest BCUT2D eigenvalue weighted by molar-refractivity contribution is 0.273. The molecule has 0 amide bonds. The van der Waals surface area contributed by atoms with Crippen LogP contribution in [-0.4, -0.2) is 24.9 Å². The van der Waals surface area contributed by atoms with Crippen LogP contribution in [0.2, 0.25) is 0 Å². The van der Waals surface area contributed by atoms with Gasteiger partial charge in [0, 0.05) is 6.61 Å². The molecule has 3 heteroatoms. The van der Waals surface area contributed by atoms with Crippen molar-refractivity contribution in [2.75, 3.05) is 19.8 Å². The quantitative estimate of drug-likeness (QED) is 0.512. The summed E-state index contributed by atoms with van der Waals surface area (Å²) < 4.78 is 11.0. The smallest absolute Gasteiger partial charge is 0.120 e. The summed E-state index contributed by atoms with van der Waals surface area (Å²) in [7, 11) is 0. The summed E-state index contributed by atoms with van der Waals surface area (Å²) in [6.45, 7) is 5.12. The maximum Gasteiger partial charge on any atom is 0.120 e. The van der Waals surface area contributed by atoms with Gasteiger partial charge < -0.3 is 14.6 Å². The van der Waals surface area contributed by atoms with Gasteiger partial charge in [0.25, 0.3) is 0 Å².